The van der Waals surface area contributed by atoms with Crippen molar-refractivity contribution in [2.24, 2.45) is 7.05 Å². The second-order valence-corrected chi connectivity index (χ2v) is 9.89. The van der Waals surface area contributed by atoms with E-state index >= 15 is 0 Å². The van der Waals surface area contributed by atoms with E-state index in [0.717, 1.165) is 12.1 Å². The smallest absolute Gasteiger partial charge is 0.255 e. The summed E-state index contributed by atoms with van der Waals surface area (Å²) in [5, 5.41) is 0. The third-order valence-electron chi connectivity index (χ3n) is 7.68. The van der Waals surface area contributed by atoms with E-state index in [1.807, 2.05) is 0 Å². The lowest BCUT2D eigenvalue weighted by Crippen LogP contribution is -2.43. The Labute approximate surface area is 211 Å². The number of likely N-dealkylation sites (tertiary alicyclic amines) is 1. The van der Waals surface area contributed by atoms with Gasteiger partial charge in [0.1, 0.15) is 12.4 Å². The summed E-state index contributed by atoms with van der Waals surface area (Å²) in [6.07, 6.45) is 8.73. The van der Waals surface area contributed by atoms with Gasteiger partial charge in [0, 0.05) is 51.2 Å². The second-order valence-electron chi connectivity index (χ2n) is 9.89. The molecule has 0 spiro atoms. The Morgan fingerprint density at radius 2 is 1.81 bits per heavy atom. The van der Waals surface area contributed by atoms with Crippen molar-refractivity contribution < 1.29 is 4.74 Å². The van der Waals surface area contributed by atoms with Gasteiger partial charge in [0.25, 0.3) is 5.56 Å². The van der Waals surface area contributed by atoms with E-state index in [1.165, 1.54) is 56.9 Å². The molecule has 188 valence electrons. The Balaban J connectivity index is 1.20. The van der Waals surface area contributed by atoms with E-state index in [1.54, 1.807) is 23.9 Å². The molecular formula is C27H33N7O2. The molecule has 0 aliphatic carbocycles. The van der Waals surface area contributed by atoms with Crippen molar-refractivity contribution in [3.8, 4) is 11.4 Å². The maximum Gasteiger partial charge on any atom is 0.255 e. The van der Waals surface area contributed by atoms with Crippen LogP contribution in [0.5, 0.6) is 0 Å². The van der Waals surface area contributed by atoms with Gasteiger partial charge in [-0.25, -0.2) is 15.0 Å². The maximum atomic E-state index is 12.7. The minimum atomic E-state index is -0.112. The fourth-order valence-corrected chi connectivity index (χ4v) is 5.77. The summed E-state index contributed by atoms with van der Waals surface area (Å²) in [5.74, 6) is 0.631. The molecule has 6 rings (SSSR count). The van der Waals surface area contributed by atoms with Crippen molar-refractivity contribution in [2.45, 2.75) is 38.0 Å². The summed E-state index contributed by atoms with van der Waals surface area (Å²) in [7, 11) is 1.76. The second kappa shape index (κ2) is 9.99. The van der Waals surface area contributed by atoms with E-state index < -0.39 is 0 Å². The monoisotopic (exact) mass is 487 g/mol. The zero-order chi connectivity index (χ0) is 24.5. The Morgan fingerprint density at radius 3 is 2.58 bits per heavy atom. The molecule has 36 heavy (non-hydrogen) atoms. The lowest BCUT2D eigenvalue weighted by atomic mass is 10.1. The van der Waals surface area contributed by atoms with E-state index in [4.69, 9.17) is 9.72 Å². The lowest BCUT2D eigenvalue weighted by Gasteiger charge is -2.35. The number of morpholine rings is 1. The van der Waals surface area contributed by atoms with Gasteiger partial charge in [-0.1, -0.05) is 12.1 Å². The molecule has 2 aromatic heterocycles. The predicted molar refractivity (Wildman–Crippen MR) is 139 cm³/mol. The van der Waals surface area contributed by atoms with Gasteiger partial charge in [-0.2, -0.15) is 0 Å². The molecular weight excluding hydrogens is 454 g/mol. The summed E-state index contributed by atoms with van der Waals surface area (Å²) >= 11 is 0. The van der Waals surface area contributed by atoms with Gasteiger partial charge in [-0.05, 0) is 49.4 Å². The van der Waals surface area contributed by atoms with E-state index in [2.05, 4.69) is 48.9 Å². The molecule has 0 bridgehead atoms. The number of aromatic nitrogens is 4. The third kappa shape index (κ3) is 4.49. The highest BCUT2D eigenvalue weighted by atomic mass is 16.5. The van der Waals surface area contributed by atoms with Crippen LogP contribution < -0.4 is 15.4 Å². The Kier molecular flexibility index (Phi) is 6.41. The lowest BCUT2D eigenvalue weighted by molar-refractivity contribution is 0.0390. The molecule has 2 unspecified atom stereocenters. The zero-order valence-electron chi connectivity index (χ0n) is 20.8. The van der Waals surface area contributed by atoms with Crippen molar-refractivity contribution >= 4 is 11.6 Å². The molecule has 9 nitrogen and oxygen atoms in total. The van der Waals surface area contributed by atoms with Gasteiger partial charge in [-0.15, -0.1) is 0 Å². The average molecular weight is 488 g/mol. The number of anilines is 2. The van der Waals surface area contributed by atoms with Crippen LogP contribution in [-0.2, 0) is 11.8 Å². The van der Waals surface area contributed by atoms with Gasteiger partial charge in [0.05, 0.1) is 30.7 Å². The van der Waals surface area contributed by atoms with Crippen LogP contribution in [0, 0.1) is 0 Å². The number of benzene rings is 1. The summed E-state index contributed by atoms with van der Waals surface area (Å²) in [5.41, 5.74) is 3.53. The first kappa shape index (κ1) is 23.1. The van der Waals surface area contributed by atoms with Crippen molar-refractivity contribution in [1.29, 1.82) is 0 Å². The van der Waals surface area contributed by atoms with Gasteiger partial charge in [-0.3, -0.25) is 14.3 Å². The molecule has 3 fully saturated rings. The van der Waals surface area contributed by atoms with Crippen molar-refractivity contribution in [3.63, 3.8) is 0 Å². The highest BCUT2D eigenvalue weighted by molar-refractivity contribution is 5.55. The molecule has 3 aromatic rings. The first-order valence-corrected chi connectivity index (χ1v) is 13.0. The highest BCUT2D eigenvalue weighted by Crippen LogP contribution is 2.32. The molecule has 9 heteroatoms. The standard InChI is InChI=1S/C27H33N7O2/c1-31-26(35)17-23(22-10-11-28-19-29-22)30-27(31)33-15-16-36-24(18-33)20-6-8-21(9-7-20)34-14-4-5-25(34)32-12-2-3-13-32/h6-11,17,19,24-25H,2-5,12-16,18H2,1H3. The van der Waals surface area contributed by atoms with Crippen LogP contribution in [0.2, 0.25) is 0 Å². The number of hydrogen-bond acceptors (Lipinski definition) is 8. The molecule has 0 saturated carbocycles. The first-order valence-electron chi connectivity index (χ1n) is 13.0. The molecule has 0 amide bonds. The first-order chi connectivity index (χ1) is 17.7. The summed E-state index contributed by atoms with van der Waals surface area (Å²) in [6, 6.07) is 12.2. The van der Waals surface area contributed by atoms with Crippen LogP contribution in [0.15, 0.2) is 53.7 Å². The molecule has 3 aliphatic rings. The molecule has 0 radical (unpaired) electrons. The number of nitrogens with zero attached hydrogens (tertiary/aromatic N) is 7. The van der Waals surface area contributed by atoms with Gasteiger partial charge in [0.15, 0.2) is 0 Å². The van der Waals surface area contributed by atoms with Crippen LogP contribution in [0.3, 0.4) is 0 Å². The summed E-state index contributed by atoms with van der Waals surface area (Å²) in [4.78, 5) is 33.1. The van der Waals surface area contributed by atoms with Crippen LogP contribution in [0.4, 0.5) is 11.6 Å². The van der Waals surface area contributed by atoms with Crippen molar-refractivity contribution in [3.05, 3.63) is 64.8 Å². The number of rotatable bonds is 5. The van der Waals surface area contributed by atoms with Crippen molar-refractivity contribution in [2.75, 3.05) is 49.1 Å². The van der Waals surface area contributed by atoms with E-state index in [0.29, 0.717) is 43.2 Å². The number of ether oxygens (including phenoxy) is 1. The largest absolute Gasteiger partial charge is 0.370 e. The van der Waals surface area contributed by atoms with Crippen LogP contribution in [-0.4, -0.2) is 69.9 Å². The third-order valence-corrected chi connectivity index (χ3v) is 7.68. The fourth-order valence-electron chi connectivity index (χ4n) is 5.77. The SMILES string of the molecule is Cn1c(N2CCOC(c3ccc(N4CCCC4N4CCCC4)cc3)C2)nc(-c2ccncn2)cc1=O. The molecule has 5 heterocycles. The highest BCUT2D eigenvalue weighted by Gasteiger charge is 2.32. The van der Waals surface area contributed by atoms with Gasteiger partial charge < -0.3 is 14.5 Å². The minimum Gasteiger partial charge on any atom is -0.370 e. The molecule has 0 N–H and O–H groups in total. The van der Waals surface area contributed by atoms with Crippen LogP contribution in [0.25, 0.3) is 11.4 Å². The Morgan fingerprint density at radius 1 is 0.972 bits per heavy atom. The molecule has 2 atom stereocenters. The van der Waals surface area contributed by atoms with E-state index in [9.17, 15) is 4.79 Å². The molecule has 3 aliphatic heterocycles. The quantitative estimate of drug-likeness (QED) is 0.544. The van der Waals surface area contributed by atoms with Crippen LogP contribution >= 0.6 is 0 Å². The number of hydrogen-bond donors (Lipinski definition) is 0. The van der Waals surface area contributed by atoms with Gasteiger partial charge in [0.2, 0.25) is 5.95 Å². The van der Waals surface area contributed by atoms with Gasteiger partial charge >= 0.3 is 0 Å². The van der Waals surface area contributed by atoms with Crippen molar-refractivity contribution in [1.82, 2.24) is 24.4 Å². The Bertz CT molecular complexity index is 1240. The molecule has 1 aromatic carbocycles. The van der Waals surface area contributed by atoms with E-state index in [-0.39, 0.29) is 11.7 Å². The summed E-state index contributed by atoms with van der Waals surface area (Å²) < 4.78 is 7.77. The Hall–Kier alpha value is -3.30. The predicted octanol–water partition coefficient (Wildman–Crippen LogP) is 2.84. The molecule has 3 saturated heterocycles. The van der Waals surface area contributed by atoms with Crippen LogP contribution in [0.1, 0.15) is 37.4 Å². The summed E-state index contributed by atoms with van der Waals surface area (Å²) in [6.45, 7) is 5.44. The average Bonchev–Trinajstić information content (AvgIpc) is 3.63. The normalized spacial score (nSPS) is 22.9. The minimum absolute atomic E-state index is 0.0830. The zero-order valence-corrected chi connectivity index (χ0v) is 20.8. The fraction of sp³-hybridized carbons (Fsp3) is 0.481. The topological polar surface area (TPSA) is 79.6 Å². The maximum absolute atomic E-state index is 12.7.